The second kappa shape index (κ2) is 6.93. The lowest BCUT2D eigenvalue weighted by atomic mass is 9.89. The van der Waals surface area contributed by atoms with Crippen molar-refractivity contribution in [2.45, 2.75) is 32.0 Å². The Morgan fingerprint density at radius 1 is 1.24 bits per heavy atom. The van der Waals surface area contributed by atoms with Gasteiger partial charge in [0.15, 0.2) is 6.29 Å². The summed E-state index contributed by atoms with van der Waals surface area (Å²) in [5.74, 6) is 0.389. The molecule has 2 heterocycles. The van der Waals surface area contributed by atoms with Crippen LogP contribution in [0.2, 0.25) is 5.02 Å². The number of benzene rings is 1. The molecular weight excluding hydrogens is 304 g/mol. The molecule has 1 saturated heterocycles. The first kappa shape index (κ1) is 15.0. The first-order valence-electron chi connectivity index (χ1n) is 7.35. The maximum absolute atomic E-state index is 6.15. The zero-order chi connectivity index (χ0) is 14.7. The lowest BCUT2D eigenvalue weighted by Crippen LogP contribution is -2.00. The molecule has 1 fully saturated rings. The molecule has 2 nitrogen and oxygen atoms in total. The Morgan fingerprint density at radius 3 is 2.76 bits per heavy atom. The van der Waals surface area contributed by atoms with Crippen LogP contribution in [-0.2, 0) is 9.47 Å². The van der Waals surface area contributed by atoms with E-state index >= 15 is 0 Å². The molecule has 0 amide bonds. The van der Waals surface area contributed by atoms with E-state index in [9.17, 15) is 0 Å². The van der Waals surface area contributed by atoms with Gasteiger partial charge in [-0.05, 0) is 41.1 Å². The highest BCUT2D eigenvalue weighted by Crippen LogP contribution is 2.36. The van der Waals surface area contributed by atoms with E-state index in [4.69, 9.17) is 21.1 Å². The Hall–Kier alpha value is -0.870. The SMILES string of the molecule is CCCC(c1cccc(Cl)c1)c1csc(C2OCCO2)c1. The van der Waals surface area contributed by atoms with Crippen molar-refractivity contribution in [2.24, 2.45) is 0 Å². The molecule has 0 N–H and O–H groups in total. The molecule has 1 atom stereocenters. The van der Waals surface area contributed by atoms with E-state index < -0.39 is 0 Å². The average molecular weight is 323 g/mol. The summed E-state index contributed by atoms with van der Waals surface area (Å²) in [5, 5.41) is 3.02. The van der Waals surface area contributed by atoms with Crippen molar-refractivity contribution >= 4 is 22.9 Å². The highest BCUT2D eigenvalue weighted by atomic mass is 35.5. The van der Waals surface area contributed by atoms with Crippen molar-refractivity contribution < 1.29 is 9.47 Å². The quantitative estimate of drug-likeness (QED) is 0.736. The van der Waals surface area contributed by atoms with Crippen LogP contribution in [0.15, 0.2) is 35.7 Å². The van der Waals surface area contributed by atoms with Crippen LogP contribution in [0.3, 0.4) is 0 Å². The molecule has 1 unspecified atom stereocenters. The molecule has 1 aliphatic heterocycles. The summed E-state index contributed by atoms with van der Waals surface area (Å²) in [6.45, 7) is 3.59. The van der Waals surface area contributed by atoms with Gasteiger partial charge in [0.2, 0.25) is 0 Å². The largest absolute Gasteiger partial charge is 0.345 e. The zero-order valence-electron chi connectivity index (χ0n) is 12.0. The monoisotopic (exact) mass is 322 g/mol. The summed E-state index contributed by atoms with van der Waals surface area (Å²) < 4.78 is 11.2. The van der Waals surface area contributed by atoms with Crippen LogP contribution in [0.5, 0.6) is 0 Å². The van der Waals surface area contributed by atoms with Crippen LogP contribution in [-0.4, -0.2) is 13.2 Å². The first-order valence-corrected chi connectivity index (χ1v) is 8.60. The number of halogens is 1. The van der Waals surface area contributed by atoms with Gasteiger partial charge in [-0.25, -0.2) is 0 Å². The van der Waals surface area contributed by atoms with Gasteiger partial charge < -0.3 is 9.47 Å². The summed E-state index contributed by atoms with van der Waals surface area (Å²) in [4.78, 5) is 1.16. The van der Waals surface area contributed by atoms with E-state index in [2.05, 4.69) is 30.5 Å². The van der Waals surface area contributed by atoms with Gasteiger partial charge in [0.1, 0.15) is 0 Å². The van der Waals surface area contributed by atoms with E-state index in [0.29, 0.717) is 19.1 Å². The van der Waals surface area contributed by atoms with Crippen LogP contribution in [0, 0.1) is 0 Å². The highest BCUT2D eigenvalue weighted by molar-refractivity contribution is 7.10. The van der Waals surface area contributed by atoms with Crippen molar-refractivity contribution in [2.75, 3.05) is 13.2 Å². The van der Waals surface area contributed by atoms with Crippen molar-refractivity contribution in [1.82, 2.24) is 0 Å². The second-order valence-electron chi connectivity index (χ2n) is 5.25. The van der Waals surface area contributed by atoms with E-state index in [0.717, 1.165) is 22.7 Å². The number of rotatable bonds is 5. The molecular formula is C17H19ClO2S. The van der Waals surface area contributed by atoms with Gasteiger partial charge in [0.25, 0.3) is 0 Å². The van der Waals surface area contributed by atoms with E-state index in [-0.39, 0.29) is 6.29 Å². The Labute approximate surface area is 134 Å². The van der Waals surface area contributed by atoms with Crippen molar-refractivity contribution in [3.63, 3.8) is 0 Å². The lowest BCUT2D eigenvalue weighted by molar-refractivity contribution is -0.0413. The Morgan fingerprint density at radius 2 is 2.05 bits per heavy atom. The Balaban J connectivity index is 1.86. The van der Waals surface area contributed by atoms with Gasteiger partial charge in [-0.1, -0.05) is 37.1 Å². The average Bonchev–Trinajstić information content (AvgIpc) is 3.15. The third kappa shape index (κ3) is 3.49. The summed E-state index contributed by atoms with van der Waals surface area (Å²) >= 11 is 7.86. The molecule has 0 aliphatic carbocycles. The molecule has 2 aromatic rings. The Bertz CT molecular complexity index is 590. The second-order valence-corrected chi connectivity index (χ2v) is 6.63. The van der Waals surface area contributed by atoms with Gasteiger partial charge in [-0.3, -0.25) is 0 Å². The van der Waals surface area contributed by atoms with Crippen LogP contribution in [0.1, 0.15) is 48.0 Å². The Kier molecular flexibility index (Phi) is 4.96. The van der Waals surface area contributed by atoms with E-state index in [1.165, 1.54) is 11.1 Å². The molecule has 4 heteroatoms. The third-order valence-corrected chi connectivity index (χ3v) is 4.93. The minimum Gasteiger partial charge on any atom is -0.345 e. The van der Waals surface area contributed by atoms with Gasteiger partial charge in [-0.15, -0.1) is 11.3 Å². The maximum atomic E-state index is 6.15. The first-order chi connectivity index (χ1) is 10.3. The molecule has 1 aromatic heterocycles. The zero-order valence-corrected chi connectivity index (χ0v) is 13.6. The molecule has 1 aromatic carbocycles. The maximum Gasteiger partial charge on any atom is 0.193 e. The van der Waals surface area contributed by atoms with Crippen LogP contribution in [0.4, 0.5) is 0 Å². The smallest absolute Gasteiger partial charge is 0.193 e. The third-order valence-electron chi connectivity index (χ3n) is 3.72. The summed E-state index contributed by atoms with van der Waals surface area (Å²) in [5.41, 5.74) is 2.61. The molecule has 3 rings (SSSR count). The predicted octanol–water partition coefficient (Wildman–Crippen LogP) is 5.38. The minimum absolute atomic E-state index is 0.176. The number of thiophene rings is 1. The van der Waals surface area contributed by atoms with Crippen molar-refractivity contribution in [3.05, 3.63) is 56.7 Å². The molecule has 0 radical (unpaired) electrons. The number of hydrogen-bond acceptors (Lipinski definition) is 3. The van der Waals surface area contributed by atoms with E-state index in [1.807, 2.05) is 12.1 Å². The van der Waals surface area contributed by atoms with Gasteiger partial charge >= 0.3 is 0 Å². The molecule has 0 bridgehead atoms. The van der Waals surface area contributed by atoms with Gasteiger partial charge in [-0.2, -0.15) is 0 Å². The fourth-order valence-corrected chi connectivity index (χ4v) is 3.89. The summed E-state index contributed by atoms with van der Waals surface area (Å²) in [7, 11) is 0. The topological polar surface area (TPSA) is 18.5 Å². The van der Waals surface area contributed by atoms with Crippen molar-refractivity contribution in [1.29, 1.82) is 0 Å². The van der Waals surface area contributed by atoms with E-state index in [1.54, 1.807) is 11.3 Å². The molecule has 112 valence electrons. The summed E-state index contributed by atoms with van der Waals surface area (Å²) in [6, 6.07) is 10.4. The highest BCUT2D eigenvalue weighted by Gasteiger charge is 2.22. The number of hydrogen-bond donors (Lipinski definition) is 0. The van der Waals surface area contributed by atoms with Gasteiger partial charge in [0.05, 0.1) is 18.1 Å². The lowest BCUT2D eigenvalue weighted by Gasteiger charge is -2.16. The van der Waals surface area contributed by atoms with Crippen molar-refractivity contribution in [3.8, 4) is 0 Å². The van der Waals surface area contributed by atoms with Gasteiger partial charge in [0, 0.05) is 10.9 Å². The van der Waals surface area contributed by atoms with Crippen LogP contribution >= 0.6 is 22.9 Å². The minimum atomic E-state index is -0.176. The van der Waals surface area contributed by atoms with Crippen LogP contribution < -0.4 is 0 Å². The molecule has 21 heavy (non-hydrogen) atoms. The fraction of sp³-hybridized carbons (Fsp3) is 0.412. The summed E-state index contributed by atoms with van der Waals surface area (Å²) in [6.07, 6.45) is 2.08. The number of ether oxygens (including phenoxy) is 2. The predicted molar refractivity (Wildman–Crippen MR) is 87.2 cm³/mol. The normalized spacial score (nSPS) is 17.2. The standard InChI is InChI=1S/C17H19ClO2S/c1-2-4-15(12-5-3-6-14(18)9-12)13-10-16(21-11-13)17-19-7-8-20-17/h3,5-6,9-11,15,17H,2,4,7-8H2,1H3. The molecule has 0 spiro atoms. The molecule has 0 saturated carbocycles. The fourth-order valence-electron chi connectivity index (χ4n) is 2.74. The molecule has 1 aliphatic rings. The van der Waals surface area contributed by atoms with Crippen LogP contribution in [0.25, 0.3) is 0 Å².